The molecule has 1 atom stereocenters. The predicted molar refractivity (Wildman–Crippen MR) is 79.5 cm³/mol. The molecule has 1 heterocycles. The van der Waals surface area contributed by atoms with E-state index in [2.05, 4.69) is 10.3 Å². The summed E-state index contributed by atoms with van der Waals surface area (Å²) in [6.07, 6.45) is 0. The molecule has 0 spiro atoms. The van der Waals surface area contributed by atoms with Crippen LogP contribution in [0.2, 0.25) is 0 Å². The Morgan fingerprint density at radius 2 is 2.14 bits per heavy atom. The van der Waals surface area contributed by atoms with Crippen LogP contribution in [0.25, 0.3) is 10.9 Å². The number of hydrogen-bond acceptors (Lipinski definition) is 3. The van der Waals surface area contributed by atoms with Gasteiger partial charge < -0.3 is 10.3 Å². The molecule has 5 nitrogen and oxygen atoms in total. The van der Waals surface area contributed by atoms with Crippen LogP contribution in [0.3, 0.4) is 0 Å². The molecule has 114 valence electrons. The summed E-state index contributed by atoms with van der Waals surface area (Å²) in [5.74, 6) is -0.955. The standard InChI is InChI=1S/C14H17FN2O3S/c1-3-21(19,20)8-9(2)16-14(18)13-7-10-11(15)5-4-6-12(10)17-13/h4-7,9,17H,3,8H2,1-2H3,(H,16,18)/t9-/m1/s1. The zero-order valence-corrected chi connectivity index (χ0v) is 12.6. The second-order valence-corrected chi connectivity index (χ2v) is 7.36. The summed E-state index contributed by atoms with van der Waals surface area (Å²) in [4.78, 5) is 14.9. The smallest absolute Gasteiger partial charge is 0.267 e. The highest BCUT2D eigenvalue weighted by Crippen LogP contribution is 2.18. The maximum absolute atomic E-state index is 13.6. The predicted octanol–water partition coefficient (Wildman–Crippen LogP) is 1.86. The number of aromatic amines is 1. The van der Waals surface area contributed by atoms with Crippen molar-refractivity contribution in [3.05, 3.63) is 35.8 Å². The van der Waals surface area contributed by atoms with E-state index in [1.165, 1.54) is 12.1 Å². The minimum atomic E-state index is -3.16. The number of H-pyrrole nitrogens is 1. The fourth-order valence-electron chi connectivity index (χ4n) is 2.08. The number of amides is 1. The number of carbonyl (C=O) groups excluding carboxylic acids is 1. The normalized spacial score (nSPS) is 13.3. The molecular weight excluding hydrogens is 295 g/mol. The van der Waals surface area contributed by atoms with Crippen molar-refractivity contribution in [3.8, 4) is 0 Å². The Balaban J connectivity index is 2.14. The number of nitrogens with one attached hydrogen (secondary N) is 2. The van der Waals surface area contributed by atoms with Gasteiger partial charge in [-0.15, -0.1) is 0 Å². The van der Waals surface area contributed by atoms with E-state index in [0.717, 1.165) is 0 Å². The molecular formula is C14H17FN2O3S. The summed E-state index contributed by atoms with van der Waals surface area (Å²) in [6.45, 7) is 3.18. The summed E-state index contributed by atoms with van der Waals surface area (Å²) >= 11 is 0. The summed E-state index contributed by atoms with van der Waals surface area (Å²) in [5.41, 5.74) is 0.727. The van der Waals surface area contributed by atoms with Crippen LogP contribution in [0.5, 0.6) is 0 Å². The van der Waals surface area contributed by atoms with Gasteiger partial charge in [0.05, 0.1) is 5.75 Å². The lowest BCUT2D eigenvalue weighted by Gasteiger charge is -2.12. The van der Waals surface area contributed by atoms with Crippen LogP contribution < -0.4 is 5.32 Å². The van der Waals surface area contributed by atoms with Crippen LogP contribution in [-0.4, -0.2) is 36.9 Å². The fraction of sp³-hybridized carbons (Fsp3) is 0.357. The number of rotatable bonds is 5. The van der Waals surface area contributed by atoms with Gasteiger partial charge in [-0.3, -0.25) is 4.79 Å². The van der Waals surface area contributed by atoms with Crippen LogP contribution in [0, 0.1) is 5.82 Å². The van der Waals surface area contributed by atoms with Crippen LogP contribution >= 0.6 is 0 Å². The molecule has 21 heavy (non-hydrogen) atoms. The van der Waals surface area contributed by atoms with E-state index in [0.29, 0.717) is 10.9 Å². The van der Waals surface area contributed by atoms with Gasteiger partial charge in [0.25, 0.3) is 5.91 Å². The van der Waals surface area contributed by atoms with Gasteiger partial charge in [-0.25, -0.2) is 12.8 Å². The Hall–Kier alpha value is -1.89. The van der Waals surface area contributed by atoms with Gasteiger partial charge in [-0.1, -0.05) is 13.0 Å². The first kappa shape index (κ1) is 15.5. The van der Waals surface area contributed by atoms with Gasteiger partial charge in [0.2, 0.25) is 0 Å². The molecule has 0 unspecified atom stereocenters. The number of aromatic nitrogens is 1. The molecule has 0 saturated heterocycles. The van der Waals surface area contributed by atoms with E-state index in [1.54, 1.807) is 26.0 Å². The Bertz CT molecular complexity index is 768. The van der Waals surface area contributed by atoms with Gasteiger partial charge in [0.1, 0.15) is 11.5 Å². The average Bonchev–Trinajstić information content (AvgIpc) is 2.83. The second-order valence-electron chi connectivity index (χ2n) is 4.96. The fourth-order valence-corrected chi connectivity index (χ4v) is 3.16. The highest BCUT2D eigenvalue weighted by atomic mass is 32.2. The van der Waals surface area contributed by atoms with Gasteiger partial charge in [0.15, 0.2) is 9.84 Å². The van der Waals surface area contributed by atoms with E-state index in [-0.39, 0.29) is 17.2 Å². The topological polar surface area (TPSA) is 79.0 Å². The molecule has 0 aliphatic rings. The van der Waals surface area contributed by atoms with Crippen molar-refractivity contribution in [1.29, 1.82) is 0 Å². The Morgan fingerprint density at radius 3 is 2.76 bits per heavy atom. The quantitative estimate of drug-likeness (QED) is 0.884. The molecule has 1 aromatic heterocycles. The number of halogens is 1. The van der Waals surface area contributed by atoms with Crippen LogP contribution in [0.4, 0.5) is 4.39 Å². The maximum Gasteiger partial charge on any atom is 0.267 e. The van der Waals surface area contributed by atoms with Crippen molar-refractivity contribution < 1.29 is 17.6 Å². The molecule has 2 aromatic rings. The molecule has 0 radical (unpaired) electrons. The van der Waals surface area contributed by atoms with Crippen molar-refractivity contribution >= 4 is 26.6 Å². The first-order valence-corrected chi connectivity index (χ1v) is 8.43. The molecule has 0 saturated carbocycles. The number of hydrogen-bond donors (Lipinski definition) is 2. The van der Waals surface area contributed by atoms with Gasteiger partial charge in [-0.2, -0.15) is 0 Å². The SMILES string of the molecule is CCS(=O)(=O)C[C@@H](C)NC(=O)c1cc2c(F)cccc2[nH]1. The molecule has 2 N–H and O–H groups in total. The van der Waals surface area contributed by atoms with Crippen LogP contribution in [-0.2, 0) is 9.84 Å². The third kappa shape index (κ3) is 3.60. The van der Waals surface area contributed by atoms with Gasteiger partial charge >= 0.3 is 0 Å². The molecule has 0 bridgehead atoms. The Kier molecular flexibility index (Phi) is 4.32. The number of sulfone groups is 1. The van der Waals surface area contributed by atoms with E-state index in [9.17, 15) is 17.6 Å². The van der Waals surface area contributed by atoms with Crippen molar-refractivity contribution in [1.82, 2.24) is 10.3 Å². The maximum atomic E-state index is 13.6. The lowest BCUT2D eigenvalue weighted by Crippen LogP contribution is -2.38. The molecule has 2 rings (SSSR count). The highest BCUT2D eigenvalue weighted by Gasteiger charge is 2.18. The summed E-state index contributed by atoms with van der Waals surface area (Å²) in [6, 6.07) is 5.43. The summed E-state index contributed by atoms with van der Waals surface area (Å²) in [7, 11) is -3.16. The largest absolute Gasteiger partial charge is 0.350 e. The Labute approximate surface area is 122 Å². The minimum absolute atomic E-state index is 0.0325. The van der Waals surface area contributed by atoms with Crippen molar-refractivity contribution in [3.63, 3.8) is 0 Å². The monoisotopic (exact) mass is 312 g/mol. The minimum Gasteiger partial charge on any atom is -0.350 e. The summed E-state index contributed by atoms with van der Waals surface area (Å²) < 4.78 is 36.6. The first-order valence-electron chi connectivity index (χ1n) is 6.61. The number of carbonyl (C=O) groups is 1. The Morgan fingerprint density at radius 1 is 1.43 bits per heavy atom. The molecule has 1 aromatic carbocycles. The summed E-state index contributed by atoms with van der Waals surface area (Å²) in [5, 5.41) is 2.93. The van der Waals surface area contributed by atoms with Gasteiger partial charge in [0, 0.05) is 22.7 Å². The number of fused-ring (bicyclic) bond motifs is 1. The van der Waals surface area contributed by atoms with Crippen LogP contribution in [0.1, 0.15) is 24.3 Å². The third-order valence-corrected chi connectivity index (χ3v) is 5.06. The van der Waals surface area contributed by atoms with E-state index in [1.807, 2.05) is 0 Å². The second kappa shape index (κ2) is 5.85. The molecule has 7 heteroatoms. The third-order valence-electron chi connectivity index (χ3n) is 3.18. The molecule has 0 aliphatic heterocycles. The lowest BCUT2D eigenvalue weighted by atomic mass is 10.2. The highest BCUT2D eigenvalue weighted by molar-refractivity contribution is 7.91. The molecule has 1 amide bonds. The van der Waals surface area contributed by atoms with Crippen LogP contribution in [0.15, 0.2) is 24.3 Å². The molecule has 0 fully saturated rings. The van der Waals surface area contributed by atoms with E-state index in [4.69, 9.17) is 0 Å². The zero-order chi connectivity index (χ0) is 15.6. The average molecular weight is 312 g/mol. The molecule has 0 aliphatic carbocycles. The lowest BCUT2D eigenvalue weighted by molar-refractivity contribution is 0.0939. The number of benzene rings is 1. The first-order chi connectivity index (χ1) is 9.82. The van der Waals surface area contributed by atoms with E-state index >= 15 is 0 Å². The van der Waals surface area contributed by atoms with Crippen molar-refractivity contribution in [2.24, 2.45) is 0 Å². The van der Waals surface area contributed by atoms with Gasteiger partial charge in [-0.05, 0) is 25.1 Å². The van der Waals surface area contributed by atoms with Crippen molar-refractivity contribution in [2.75, 3.05) is 11.5 Å². The van der Waals surface area contributed by atoms with E-state index < -0.39 is 27.6 Å². The zero-order valence-electron chi connectivity index (χ0n) is 11.8. The van der Waals surface area contributed by atoms with Crippen molar-refractivity contribution in [2.45, 2.75) is 19.9 Å².